The van der Waals surface area contributed by atoms with Crippen LogP contribution in [0.1, 0.15) is 22.1 Å². The Morgan fingerprint density at radius 1 is 0.697 bits per heavy atom. The third kappa shape index (κ3) is 4.82. The summed E-state index contributed by atoms with van der Waals surface area (Å²) in [6.45, 7) is 0. The maximum absolute atomic E-state index is 13.5. The molecule has 0 heterocycles. The molecule has 5 aromatic carbocycles. The first kappa shape index (κ1) is 23.8. The van der Waals surface area contributed by atoms with Crippen LogP contribution in [0.4, 0.5) is 0 Å². The number of carbonyl (C=O) groups excluding carboxylic acids is 1. The summed E-state index contributed by atoms with van der Waals surface area (Å²) in [4.78, 5) is 13.5. The van der Waals surface area contributed by atoms with E-state index in [2.05, 4.69) is 41.7 Å². The second-order valence-electron chi connectivity index (χ2n) is 7.67. The van der Waals surface area contributed by atoms with Gasteiger partial charge in [0.15, 0.2) is 0 Å². The standard InChI is InChI=1S/C29H23NO2.K/c1-32-29(22-12-3-2-4-13-22)30-28(31)26-19-18-21-11-6-8-16-24(21)27(26)25-17-9-14-20-10-5-7-15-23(20)25;/h2-19,29H,1H3,(H,30,31);/q;+1/p-1. The summed E-state index contributed by atoms with van der Waals surface area (Å²) in [5.41, 5.74) is 3.33. The monoisotopic (exact) mass is 455 g/mol. The topological polar surface area (TPSA) is 40.4 Å². The van der Waals surface area contributed by atoms with Gasteiger partial charge in [0.1, 0.15) is 0 Å². The molecule has 4 heteroatoms. The normalized spacial score (nSPS) is 11.7. The zero-order chi connectivity index (χ0) is 21.9. The summed E-state index contributed by atoms with van der Waals surface area (Å²) >= 11 is 0. The fraction of sp³-hybridized carbons (Fsp3) is 0.0690. The van der Waals surface area contributed by atoms with Gasteiger partial charge in [-0.3, -0.25) is 0 Å². The molecule has 0 spiro atoms. The molecule has 1 unspecified atom stereocenters. The van der Waals surface area contributed by atoms with Crippen molar-refractivity contribution in [2.75, 3.05) is 7.11 Å². The molecule has 0 aromatic heterocycles. The quantitative estimate of drug-likeness (QED) is 0.366. The molecule has 0 saturated carbocycles. The molecular weight excluding hydrogens is 433 g/mol. The van der Waals surface area contributed by atoms with Gasteiger partial charge in [-0.25, -0.2) is 0 Å². The Morgan fingerprint density at radius 2 is 1.30 bits per heavy atom. The Balaban J connectivity index is 0.00000259. The van der Waals surface area contributed by atoms with Gasteiger partial charge in [0, 0.05) is 18.9 Å². The summed E-state index contributed by atoms with van der Waals surface area (Å²) in [7, 11) is 1.57. The minimum atomic E-state index is -0.657. The van der Waals surface area contributed by atoms with E-state index in [1.807, 2.05) is 72.8 Å². The van der Waals surface area contributed by atoms with Crippen LogP contribution in [0, 0.1) is 0 Å². The molecular formula is C29H22KNO2. The van der Waals surface area contributed by atoms with Gasteiger partial charge >= 0.3 is 51.4 Å². The van der Waals surface area contributed by atoms with Crippen molar-refractivity contribution in [1.82, 2.24) is 0 Å². The SMILES string of the molecule is COC([N-]C(=O)c1ccc2ccccc2c1-c1cccc2ccccc12)c1ccccc1.[K+]. The fourth-order valence-electron chi connectivity index (χ4n) is 4.24. The minimum absolute atomic E-state index is 0. The summed E-state index contributed by atoms with van der Waals surface area (Å²) in [5, 5.41) is 8.79. The summed E-state index contributed by atoms with van der Waals surface area (Å²) in [5.74, 6) is -0.297. The van der Waals surface area contributed by atoms with Gasteiger partial charge in [-0.05, 0) is 38.2 Å². The van der Waals surface area contributed by atoms with Gasteiger partial charge in [0.25, 0.3) is 0 Å². The van der Waals surface area contributed by atoms with Crippen molar-refractivity contribution in [1.29, 1.82) is 0 Å². The zero-order valence-electron chi connectivity index (χ0n) is 18.7. The van der Waals surface area contributed by atoms with E-state index in [1.165, 1.54) is 0 Å². The van der Waals surface area contributed by atoms with E-state index in [4.69, 9.17) is 4.74 Å². The van der Waals surface area contributed by atoms with Gasteiger partial charge in [-0.1, -0.05) is 109 Å². The molecule has 0 bridgehead atoms. The first-order valence-electron chi connectivity index (χ1n) is 10.6. The van der Waals surface area contributed by atoms with Crippen molar-refractivity contribution >= 4 is 27.5 Å². The van der Waals surface area contributed by atoms with Crippen molar-refractivity contribution < 1.29 is 60.9 Å². The molecule has 156 valence electrons. The van der Waals surface area contributed by atoms with Crippen LogP contribution < -0.4 is 51.4 Å². The van der Waals surface area contributed by atoms with Crippen molar-refractivity contribution in [2.45, 2.75) is 6.23 Å². The number of fused-ring (bicyclic) bond motifs is 2. The molecule has 0 N–H and O–H groups in total. The average molecular weight is 456 g/mol. The van der Waals surface area contributed by atoms with E-state index in [9.17, 15) is 4.79 Å². The van der Waals surface area contributed by atoms with Crippen LogP contribution in [-0.4, -0.2) is 13.0 Å². The van der Waals surface area contributed by atoms with Crippen LogP contribution in [0.25, 0.3) is 38.0 Å². The first-order valence-corrected chi connectivity index (χ1v) is 10.6. The second kappa shape index (κ2) is 10.7. The minimum Gasteiger partial charge on any atom is -0.621 e. The Kier molecular flexibility index (Phi) is 7.76. The van der Waals surface area contributed by atoms with Crippen LogP contribution in [0.15, 0.2) is 109 Å². The average Bonchev–Trinajstić information content (AvgIpc) is 2.86. The van der Waals surface area contributed by atoms with Gasteiger partial charge in [-0.2, -0.15) is 0 Å². The number of ether oxygens (including phenoxy) is 1. The van der Waals surface area contributed by atoms with Crippen LogP contribution in [-0.2, 0) is 4.74 Å². The summed E-state index contributed by atoms with van der Waals surface area (Å²) in [6, 6.07) is 36.0. The molecule has 0 aliphatic rings. The smallest absolute Gasteiger partial charge is 0.621 e. The Labute approximate surface area is 236 Å². The van der Waals surface area contributed by atoms with Crippen molar-refractivity contribution in [2.24, 2.45) is 0 Å². The van der Waals surface area contributed by atoms with Crippen LogP contribution in [0.2, 0.25) is 0 Å². The first-order chi connectivity index (χ1) is 15.8. The zero-order valence-corrected chi connectivity index (χ0v) is 21.9. The molecule has 0 saturated heterocycles. The van der Waals surface area contributed by atoms with E-state index < -0.39 is 6.23 Å². The number of benzene rings is 5. The largest absolute Gasteiger partial charge is 1.00 e. The molecule has 0 aliphatic heterocycles. The second-order valence-corrected chi connectivity index (χ2v) is 7.67. The van der Waals surface area contributed by atoms with Crippen molar-refractivity contribution in [3.05, 3.63) is 126 Å². The van der Waals surface area contributed by atoms with Gasteiger partial charge < -0.3 is 14.8 Å². The number of nitrogens with zero attached hydrogens (tertiary/aromatic N) is 1. The van der Waals surface area contributed by atoms with E-state index in [0.717, 1.165) is 38.2 Å². The molecule has 33 heavy (non-hydrogen) atoms. The number of methoxy groups -OCH3 is 1. The molecule has 1 atom stereocenters. The van der Waals surface area contributed by atoms with Crippen LogP contribution in [0.5, 0.6) is 0 Å². The molecule has 1 amide bonds. The van der Waals surface area contributed by atoms with Crippen LogP contribution >= 0.6 is 0 Å². The predicted octanol–water partition coefficient (Wildman–Crippen LogP) is 4.52. The number of hydrogen-bond acceptors (Lipinski definition) is 2. The molecule has 5 rings (SSSR count). The Bertz CT molecular complexity index is 1410. The molecule has 0 aliphatic carbocycles. The third-order valence-corrected chi connectivity index (χ3v) is 5.76. The van der Waals surface area contributed by atoms with Gasteiger partial charge in [-0.15, -0.1) is 0 Å². The number of amides is 1. The number of carbonyl (C=O) groups is 1. The Hall–Kier alpha value is -2.31. The maximum atomic E-state index is 13.5. The third-order valence-electron chi connectivity index (χ3n) is 5.76. The van der Waals surface area contributed by atoms with Gasteiger partial charge in [0.05, 0.1) is 5.91 Å². The molecule has 3 nitrogen and oxygen atoms in total. The molecule has 0 radical (unpaired) electrons. The molecule has 5 aromatic rings. The summed E-state index contributed by atoms with van der Waals surface area (Å²) < 4.78 is 5.54. The fourth-order valence-corrected chi connectivity index (χ4v) is 4.24. The number of hydrogen-bond donors (Lipinski definition) is 0. The van der Waals surface area contributed by atoms with Gasteiger partial charge in [0.2, 0.25) is 0 Å². The van der Waals surface area contributed by atoms with E-state index in [1.54, 1.807) is 7.11 Å². The summed E-state index contributed by atoms with van der Waals surface area (Å²) in [6.07, 6.45) is -0.657. The Morgan fingerprint density at radius 3 is 2.03 bits per heavy atom. The number of rotatable bonds is 5. The van der Waals surface area contributed by atoms with Crippen molar-refractivity contribution in [3.63, 3.8) is 0 Å². The predicted molar refractivity (Wildman–Crippen MR) is 131 cm³/mol. The van der Waals surface area contributed by atoms with Crippen LogP contribution in [0.3, 0.4) is 0 Å². The van der Waals surface area contributed by atoms with E-state index in [0.29, 0.717) is 5.56 Å². The maximum Gasteiger partial charge on any atom is 1.00 e. The molecule has 0 fully saturated rings. The van der Waals surface area contributed by atoms with E-state index in [-0.39, 0.29) is 57.3 Å². The van der Waals surface area contributed by atoms with Crippen molar-refractivity contribution in [3.8, 4) is 11.1 Å². The van der Waals surface area contributed by atoms with E-state index >= 15 is 0 Å².